The van der Waals surface area contributed by atoms with Gasteiger partial charge in [-0.05, 0) is 190 Å². The van der Waals surface area contributed by atoms with Crippen LogP contribution in [0.3, 0.4) is 0 Å². The Labute approximate surface area is 759 Å². The van der Waals surface area contributed by atoms with E-state index in [0.717, 1.165) is 172 Å². The van der Waals surface area contributed by atoms with Gasteiger partial charge in [-0.1, -0.05) is 274 Å². The van der Waals surface area contributed by atoms with Gasteiger partial charge in [-0.3, -0.25) is 33.7 Å². The van der Waals surface area contributed by atoms with E-state index in [1.165, 1.54) is 76.6 Å². The van der Waals surface area contributed by atoms with Gasteiger partial charge in [0.1, 0.15) is 13.1 Å². The third-order valence-electron chi connectivity index (χ3n) is 26.9. The summed E-state index contributed by atoms with van der Waals surface area (Å²) in [6.45, 7) is 12.5. The van der Waals surface area contributed by atoms with Crippen LogP contribution in [0.2, 0.25) is 0 Å². The molecule has 1 saturated carbocycles. The summed E-state index contributed by atoms with van der Waals surface area (Å²) in [5.74, 6) is 1.68. The van der Waals surface area contributed by atoms with Crippen LogP contribution in [0.15, 0.2) is 304 Å². The summed E-state index contributed by atoms with van der Waals surface area (Å²) in [6, 6.07) is 96.1. The van der Waals surface area contributed by atoms with Crippen LogP contribution in [0.1, 0.15) is 210 Å². The first kappa shape index (κ1) is 92.5. The number of nitrogens with one attached hydrogen (secondary N) is 4. The van der Waals surface area contributed by atoms with E-state index in [4.69, 9.17) is 0 Å². The summed E-state index contributed by atoms with van der Waals surface area (Å²) in [5, 5.41) is 12.8. The largest absolute Gasteiger partial charge is 0.357 e. The second-order valence-corrected chi connectivity index (χ2v) is 35.9. The third kappa shape index (κ3) is 28.4. The molecule has 4 saturated heterocycles. The molecule has 4 N–H and O–H groups in total. The Hall–Kier alpha value is -11.7. The van der Waals surface area contributed by atoms with Gasteiger partial charge in [0.05, 0.1) is 23.9 Å². The number of likely N-dealkylation sites (tertiary alicyclic amines) is 4. The standard InChI is InChI=1S/C30H31N3O3.C28H38N2O.C27H33N3O.C25H30N4O/c34-28(21-33-29(35)26-13-7-8-14-27(26)30(33)36)31-24-15-18-32(19-16-24)20-17-25(22-9-3-1-4-10-22)23-11-5-2-6-12-23;31-28(22-23-10-4-1-5-11-23)29-26-16-19-30(20-17-26)21-18-27(24-12-6-2-7-13-24)25-14-8-3-9-15-25;1-29-16-12-22(21-29)20-27(31)28-25-13-17-30(18-14-25)19-15-26(23-8-4-2-5-9-23)24-10-6-3-7-11-24;30-25(19-29-18-14-26-20-29)27-23-11-15-28(16-12-23)17-13-24(21-7-3-1-4-8-21)22-9-5-2-6-10-22/h1-14,24-25H,15-21H2,(H,31,34);2-3,6-9,12-15,23,26-27H,1,4-5,10-11,16-22H2,(H,29,31);2-12,16,21,25-26H,13-15,17-20H2,1H3,(H,28,31);1-10,14,18,20,23-24H,11-13,15-17,19H2,(H,27,30). The average molecular weight is 1720 g/mol. The normalized spacial score (nSPS) is 16.5. The molecule has 0 spiro atoms. The van der Waals surface area contributed by atoms with Gasteiger partial charge in [-0.25, -0.2) is 4.98 Å². The van der Waals surface area contributed by atoms with E-state index < -0.39 is 11.8 Å². The monoisotopic (exact) mass is 1720 g/mol. The van der Waals surface area contributed by atoms with Crippen molar-refractivity contribution in [1.82, 2.24) is 59.9 Å². The molecular formula is C110H132N12O6. The minimum Gasteiger partial charge on any atom is -0.357 e. The molecule has 1 aliphatic carbocycles. The second-order valence-electron chi connectivity index (χ2n) is 35.9. The number of benzene rings is 9. The van der Waals surface area contributed by atoms with Crippen molar-refractivity contribution < 1.29 is 28.8 Å². The second kappa shape index (κ2) is 49.0. The molecule has 7 heterocycles. The van der Waals surface area contributed by atoms with Crippen molar-refractivity contribution in [1.29, 1.82) is 0 Å². The fourth-order valence-electron chi connectivity index (χ4n) is 19.7. The van der Waals surface area contributed by atoms with Crippen molar-refractivity contribution in [2.24, 2.45) is 13.0 Å². The maximum atomic E-state index is 12.6. The number of nitrogens with zero attached hydrogens (tertiary/aromatic N) is 8. The van der Waals surface area contributed by atoms with Crippen molar-refractivity contribution in [3.8, 4) is 0 Å². The molecular weight excluding hydrogens is 1590 g/mol. The number of carbonyl (C=O) groups is 6. The van der Waals surface area contributed by atoms with E-state index in [-0.39, 0.29) is 36.3 Å². The molecule has 0 atom stereocenters. The van der Waals surface area contributed by atoms with E-state index >= 15 is 0 Å². The molecule has 6 aliphatic rings. The zero-order valence-electron chi connectivity index (χ0n) is 74.9. The molecule has 0 bridgehead atoms. The smallest absolute Gasteiger partial charge is 0.262 e. The number of hydrogen-bond donors (Lipinski definition) is 4. The molecule has 11 aromatic rings. The predicted octanol–water partition coefficient (Wildman–Crippen LogP) is 17.9. The van der Waals surface area contributed by atoms with Crippen LogP contribution in [0.4, 0.5) is 0 Å². The number of piperidine rings is 4. The predicted molar refractivity (Wildman–Crippen MR) is 512 cm³/mol. The van der Waals surface area contributed by atoms with Crippen molar-refractivity contribution >= 4 is 35.4 Å². The summed E-state index contributed by atoms with van der Waals surface area (Å²) in [4.78, 5) is 89.9. The maximum Gasteiger partial charge on any atom is 0.262 e. The van der Waals surface area contributed by atoms with Crippen LogP contribution in [-0.4, -0.2) is 183 Å². The molecule has 9 aromatic carbocycles. The highest BCUT2D eigenvalue weighted by Gasteiger charge is 2.37. The highest BCUT2D eigenvalue weighted by Crippen LogP contribution is 2.35. The minimum absolute atomic E-state index is 0.0583. The van der Waals surface area contributed by atoms with Gasteiger partial charge >= 0.3 is 0 Å². The molecule has 0 radical (unpaired) electrons. The van der Waals surface area contributed by atoms with E-state index in [2.05, 4.69) is 289 Å². The van der Waals surface area contributed by atoms with Crippen LogP contribution in [-0.2, 0) is 39.2 Å². The topological polar surface area (TPSA) is 189 Å². The molecule has 128 heavy (non-hydrogen) atoms. The third-order valence-corrected chi connectivity index (χ3v) is 26.9. The summed E-state index contributed by atoms with van der Waals surface area (Å²) in [5.41, 5.74) is 12.8. The van der Waals surface area contributed by atoms with E-state index in [9.17, 15) is 28.8 Å². The molecule has 5 fully saturated rings. The Bertz CT molecular complexity index is 4920. The summed E-state index contributed by atoms with van der Waals surface area (Å²) in [6.07, 6.45) is 29.2. The van der Waals surface area contributed by atoms with Crippen LogP contribution >= 0.6 is 0 Å². The highest BCUT2D eigenvalue weighted by atomic mass is 16.2. The minimum atomic E-state index is -0.396. The van der Waals surface area contributed by atoms with E-state index in [1.807, 2.05) is 36.3 Å². The zero-order valence-corrected chi connectivity index (χ0v) is 74.9. The van der Waals surface area contributed by atoms with Crippen LogP contribution in [0.5, 0.6) is 0 Å². The molecule has 0 unspecified atom stereocenters. The number of amides is 6. The molecule has 5 aliphatic heterocycles. The summed E-state index contributed by atoms with van der Waals surface area (Å²) in [7, 11) is 1.98. The van der Waals surface area contributed by atoms with Crippen LogP contribution in [0.25, 0.3) is 0 Å². The van der Waals surface area contributed by atoms with Crippen molar-refractivity contribution in [2.45, 2.75) is 176 Å². The number of carbonyl (C=O) groups excluding carboxylic acids is 6. The van der Waals surface area contributed by atoms with Crippen molar-refractivity contribution in [3.05, 3.63) is 365 Å². The number of hydrogen-bond acceptors (Lipinski definition) is 11. The molecule has 17 rings (SSSR count). The number of fused-ring (bicyclic) bond motifs is 1. The first-order valence-electron chi connectivity index (χ1n) is 47.3. The molecule has 668 valence electrons. The molecule has 18 nitrogen and oxygen atoms in total. The molecule has 6 amide bonds. The molecule has 18 heteroatoms. The average Bonchev–Trinajstić information content (AvgIpc) is 1.63. The van der Waals surface area contributed by atoms with Crippen LogP contribution < -0.4 is 21.3 Å². The number of rotatable bonds is 32. The van der Waals surface area contributed by atoms with Gasteiger partial charge in [-0.2, -0.15) is 0 Å². The lowest BCUT2D eigenvalue weighted by Crippen LogP contribution is -2.48. The fraction of sp³-hybridized carbons (Fsp3) is 0.391. The number of imide groups is 1. The van der Waals surface area contributed by atoms with Gasteiger partial charge in [0.2, 0.25) is 23.6 Å². The lowest BCUT2D eigenvalue weighted by molar-refractivity contribution is -0.124. The van der Waals surface area contributed by atoms with Gasteiger partial charge < -0.3 is 50.0 Å². The summed E-state index contributed by atoms with van der Waals surface area (Å²) < 4.78 is 3.79. The Morgan fingerprint density at radius 1 is 0.336 bits per heavy atom. The zero-order chi connectivity index (χ0) is 88.3. The highest BCUT2D eigenvalue weighted by molar-refractivity contribution is 6.22. The SMILES string of the molecule is Cn1ccc(CC(=O)NC2CCN(CCC(c3ccccc3)c3ccccc3)CC2)c1.O=C(CC1CCCCC1)NC1CCN(CCC(c2ccccc2)c2ccccc2)CC1.O=C(CN1C(=O)c2ccccc2C1=O)NC1CCN(CCC(c2ccccc2)c2ccccc2)CC1.O=C(Cn1ccnc1)NC1CCN(CCC(c2ccccc2)c2ccccc2)CC1. The van der Waals surface area contributed by atoms with Gasteiger partial charge in [0.15, 0.2) is 0 Å². The fourth-order valence-corrected chi connectivity index (χ4v) is 19.7. The summed E-state index contributed by atoms with van der Waals surface area (Å²) >= 11 is 0. The lowest BCUT2D eigenvalue weighted by Gasteiger charge is -2.33. The quantitative estimate of drug-likeness (QED) is 0.0294. The number of imidazole rings is 1. The van der Waals surface area contributed by atoms with Gasteiger partial charge in [-0.15, -0.1) is 0 Å². The van der Waals surface area contributed by atoms with Crippen molar-refractivity contribution in [2.75, 3.05) is 85.1 Å². The Morgan fingerprint density at radius 3 is 0.914 bits per heavy atom. The van der Waals surface area contributed by atoms with E-state index in [1.54, 1.807) is 41.4 Å². The number of aromatic nitrogens is 3. The first-order chi connectivity index (χ1) is 62.8. The maximum absolute atomic E-state index is 12.6. The van der Waals surface area contributed by atoms with Crippen molar-refractivity contribution in [3.63, 3.8) is 0 Å². The molecule has 2 aromatic heterocycles. The number of aryl methyl sites for hydroxylation is 1. The Kier molecular flexibility index (Phi) is 35.4. The lowest BCUT2D eigenvalue weighted by atomic mass is 9.86. The first-order valence-corrected chi connectivity index (χ1v) is 47.3. The van der Waals surface area contributed by atoms with Crippen LogP contribution in [0, 0.1) is 5.92 Å². The Balaban J connectivity index is 0.000000138. The van der Waals surface area contributed by atoms with E-state index in [0.29, 0.717) is 71.7 Å². The van der Waals surface area contributed by atoms with Gasteiger partial charge in [0.25, 0.3) is 11.8 Å². The Morgan fingerprint density at radius 2 is 0.625 bits per heavy atom. The van der Waals surface area contributed by atoms with Gasteiger partial charge in [0, 0.05) is 138 Å².